The van der Waals surface area contributed by atoms with Crippen molar-refractivity contribution in [2.75, 3.05) is 0 Å². The van der Waals surface area contributed by atoms with Crippen LogP contribution in [-0.2, 0) is 24.0 Å². The average molecular weight is 400 g/mol. The van der Waals surface area contributed by atoms with Crippen molar-refractivity contribution >= 4 is 29.6 Å². The Morgan fingerprint density at radius 2 is 1.21 bits per heavy atom. The molecule has 4 amide bonds. The summed E-state index contributed by atoms with van der Waals surface area (Å²) in [5, 5.41) is 16.3. The lowest BCUT2D eigenvalue weighted by molar-refractivity contribution is -0.141. The van der Waals surface area contributed by atoms with Gasteiger partial charge in [0.25, 0.3) is 0 Å². The van der Waals surface area contributed by atoms with E-state index in [2.05, 4.69) is 16.0 Å². The summed E-state index contributed by atoms with van der Waals surface area (Å²) in [4.78, 5) is 59.0. The smallest absolute Gasteiger partial charge is 0.305 e. The standard InChI is InChI=1S/C18H32N4O6/c1-9(2)6-12(16(19)26)21-18(28)14(8-15(24)25)22-17(27)13(7-10(3)4)20-11(5)23/h9-10,12-14H,6-8H2,1-5H3,(H2,19,26)(H,20,23)(H,21,28)(H,22,27)(H,24,25)/t12-,13-,14-/m0/s1. The molecule has 0 aliphatic rings. The lowest BCUT2D eigenvalue weighted by Gasteiger charge is -2.25. The summed E-state index contributed by atoms with van der Waals surface area (Å²) in [7, 11) is 0. The molecule has 0 heterocycles. The Bertz CT molecular complexity index is 591. The van der Waals surface area contributed by atoms with Crippen molar-refractivity contribution in [3.05, 3.63) is 0 Å². The highest BCUT2D eigenvalue weighted by Gasteiger charge is 2.30. The van der Waals surface area contributed by atoms with Crippen LogP contribution >= 0.6 is 0 Å². The molecular formula is C18H32N4O6. The van der Waals surface area contributed by atoms with Crippen molar-refractivity contribution < 1.29 is 29.1 Å². The quantitative estimate of drug-likeness (QED) is 0.296. The molecular weight excluding hydrogens is 368 g/mol. The lowest BCUT2D eigenvalue weighted by atomic mass is 10.0. The number of carboxylic acids is 1. The summed E-state index contributed by atoms with van der Waals surface area (Å²) in [6.07, 6.45) is -0.0973. The van der Waals surface area contributed by atoms with Crippen molar-refractivity contribution in [1.82, 2.24) is 16.0 Å². The normalized spacial score (nSPS) is 14.1. The fraction of sp³-hybridized carbons (Fsp3) is 0.722. The van der Waals surface area contributed by atoms with Crippen LogP contribution in [0.5, 0.6) is 0 Å². The van der Waals surface area contributed by atoms with Crippen LogP contribution in [-0.4, -0.2) is 52.8 Å². The number of primary amides is 1. The molecule has 160 valence electrons. The van der Waals surface area contributed by atoms with E-state index in [4.69, 9.17) is 10.8 Å². The van der Waals surface area contributed by atoms with E-state index >= 15 is 0 Å². The summed E-state index contributed by atoms with van der Waals surface area (Å²) < 4.78 is 0. The van der Waals surface area contributed by atoms with Gasteiger partial charge >= 0.3 is 5.97 Å². The molecule has 0 aromatic rings. The van der Waals surface area contributed by atoms with Crippen molar-refractivity contribution in [3.8, 4) is 0 Å². The van der Waals surface area contributed by atoms with Gasteiger partial charge in [-0.25, -0.2) is 0 Å². The maximum atomic E-state index is 12.5. The van der Waals surface area contributed by atoms with E-state index in [0.717, 1.165) is 0 Å². The first-order chi connectivity index (χ1) is 12.8. The van der Waals surface area contributed by atoms with Gasteiger partial charge in [0, 0.05) is 6.92 Å². The number of amides is 4. The first kappa shape index (κ1) is 25.4. The molecule has 0 unspecified atom stereocenters. The Morgan fingerprint density at radius 3 is 1.61 bits per heavy atom. The van der Waals surface area contributed by atoms with Crippen LogP contribution in [0.4, 0.5) is 0 Å². The zero-order valence-electron chi connectivity index (χ0n) is 17.1. The minimum Gasteiger partial charge on any atom is -0.481 e. The fourth-order valence-electron chi connectivity index (χ4n) is 2.59. The van der Waals surface area contributed by atoms with E-state index in [1.54, 1.807) is 0 Å². The van der Waals surface area contributed by atoms with Gasteiger partial charge in [0.1, 0.15) is 18.1 Å². The molecule has 0 aromatic carbocycles. The summed E-state index contributed by atoms with van der Waals surface area (Å²) in [5.41, 5.74) is 5.29. The maximum Gasteiger partial charge on any atom is 0.305 e. The number of rotatable bonds is 12. The number of aliphatic carboxylic acids is 1. The topological polar surface area (TPSA) is 168 Å². The maximum absolute atomic E-state index is 12.5. The molecule has 0 fully saturated rings. The first-order valence-electron chi connectivity index (χ1n) is 9.22. The second-order valence-electron chi connectivity index (χ2n) is 7.63. The third-order valence-corrected chi connectivity index (χ3v) is 3.78. The second kappa shape index (κ2) is 11.9. The molecule has 0 aliphatic heterocycles. The number of nitrogens with two attached hydrogens (primary N) is 1. The zero-order valence-corrected chi connectivity index (χ0v) is 17.1. The van der Waals surface area contributed by atoms with Crippen LogP contribution in [0.1, 0.15) is 53.9 Å². The monoisotopic (exact) mass is 400 g/mol. The minimum atomic E-state index is -1.41. The van der Waals surface area contributed by atoms with Crippen molar-refractivity contribution in [3.63, 3.8) is 0 Å². The van der Waals surface area contributed by atoms with Gasteiger partial charge in [0.15, 0.2) is 0 Å². The number of hydrogen-bond donors (Lipinski definition) is 5. The Kier molecular flexibility index (Phi) is 10.8. The van der Waals surface area contributed by atoms with Crippen LogP contribution in [0.15, 0.2) is 0 Å². The Balaban J connectivity index is 5.34. The van der Waals surface area contributed by atoms with E-state index in [9.17, 15) is 24.0 Å². The van der Waals surface area contributed by atoms with Crippen molar-refractivity contribution in [2.24, 2.45) is 17.6 Å². The molecule has 0 saturated heterocycles. The SMILES string of the molecule is CC(=O)N[C@@H](CC(C)C)C(=O)N[C@@H](CC(=O)O)C(=O)N[C@@H](CC(C)C)C(N)=O. The molecule has 0 saturated carbocycles. The molecule has 10 heteroatoms. The predicted octanol–water partition coefficient (Wildman–Crippen LogP) is -0.487. The van der Waals surface area contributed by atoms with Gasteiger partial charge in [0.2, 0.25) is 23.6 Å². The zero-order chi connectivity index (χ0) is 22.0. The van der Waals surface area contributed by atoms with Gasteiger partial charge in [-0.2, -0.15) is 0 Å². The highest BCUT2D eigenvalue weighted by Crippen LogP contribution is 2.08. The molecule has 3 atom stereocenters. The highest BCUT2D eigenvalue weighted by molar-refractivity contribution is 5.95. The van der Waals surface area contributed by atoms with E-state index in [0.29, 0.717) is 6.42 Å². The highest BCUT2D eigenvalue weighted by atomic mass is 16.4. The van der Waals surface area contributed by atoms with Crippen LogP contribution in [0.25, 0.3) is 0 Å². The molecule has 10 nitrogen and oxygen atoms in total. The summed E-state index contributed by atoms with van der Waals surface area (Å²) >= 11 is 0. The van der Waals surface area contributed by atoms with E-state index in [1.165, 1.54) is 6.92 Å². The van der Waals surface area contributed by atoms with E-state index in [-0.39, 0.29) is 18.3 Å². The predicted molar refractivity (Wildman–Crippen MR) is 102 cm³/mol. The second-order valence-corrected chi connectivity index (χ2v) is 7.63. The number of carbonyl (C=O) groups excluding carboxylic acids is 4. The molecule has 0 spiro atoms. The molecule has 6 N–H and O–H groups in total. The average Bonchev–Trinajstić information content (AvgIpc) is 2.50. The number of carbonyl (C=O) groups is 5. The van der Waals surface area contributed by atoms with Gasteiger partial charge in [-0.15, -0.1) is 0 Å². The molecule has 0 rings (SSSR count). The fourth-order valence-corrected chi connectivity index (χ4v) is 2.59. The summed E-state index contributed by atoms with van der Waals surface area (Å²) in [6, 6.07) is -3.31. The van der Waals surface area contributed by atoms with Crippen LogP contribution in [0.3, 0.4) is 0 Å². The van der Waals surface area contributed by atoms with Gasteiger partial charge < -0.3 is 26.8 Å². The number of hydrogen-bond acceptors (Lipinski definition) is 5. The van der Waals surface area contributed by atoms with Gasteiger partial charge in [-0.1, -0.05) is 27.7 Å². The lowest BCUT2D eigenvalue weighted by Crippen LogP contribution is -2.57. The van der Waals surface area contributed by atoms with Crippen LogP contribution in [0.2, 0.25) is 0 Å². The van der Waals surface area contributed by atoms with E-state index in [1.807, 2.05) is 27.7 Å². The molecule has 28 heavy (non-hydrogen) atoms. The minimum absolute atomic E-state index is 0.0560. The molecule has 0 radical (unpaired) electrons. The largest absolute Gasteiger partial charge is 0.481 e. The Morgan fingerprint density at radius 1 is 0.786 bits per heavy atom. The molecule has 0 bridgehead atoms. The molecule has 0 aliphatic carbocycles. The summed E-state index contributed by atoms with van der Waals surface area (Å²) in [6.45, 7) is 8.64. The number of carboxylic acid groups (broad SMARTS) is 1. The van der Waals surface area contributed by atoms with Crippen molar-refractivity contribution in [1.29, 1.82) is 0 Å². The van der Waals surface area contributed by atoms with Gasteiger partial charge in [0.05, 0.1) is 6.42 Å². The van der Waals surface area contributed by atoms with Crippen LogP contribution in [0, 0.1) is 11.8 Å². The van der Waals surface area contributed by atoms with Crippen LogP contribution < -0.4 is 21.7 Å². The van der Waals surface area contributed by atoms with E-state index < -0.39 is 54.1 Å². The first-order valence-corrected chi connectivity index (χ1v) is 9.22. The Labute approximate surface area is 165 Å². The molecule has 0 aromatic heterocycles. The van der Waals surface area contributed by atoms with Gasteiger partial charge in [-0.3, -0.25) is 24.0 Å². The Hall–Kier alpha value is -2.65. The summed E-state index contributed by atoms with van der Waals surface area (Å²) in [5.74, 6) is -3.86. The third kappa shape index (κ3) is 10.5. The number of nitrogens with one attached hydrogen (secondary N) is 3. The van der Waals surface area contributed by atoms with Crippen molar-refractivity contribution in [2.45, 2.75) is 72.0 Å². The third-order valence-electron chi connectivity index (χ3n) is 3.78. The van der Waals surface area contributed by atoms with Gasteiger partial charge in [-0.05, 0) is 24.7 Å².